The molecule has 0 radical (unpaired) electrons. The standard InChI is InChI=1S/C22H23N7O3/c1-12(2)32-21-14(6-5-7-16(21)31-4)15-10-19(30)24-22-20(15)13(3)26-29(22)18-9-8-17-25-23-11-28(17)27-18/h5-9,11-12,15H,10H2,1-4H3,(H,24,30)/t15-/m1/s1. The van der Waals surface area contributed by atoms with E-state index < -0.39 is 0 Å². The van der Waals surface area contributed by atoms with Crippen LogP contribution in [0.25, 0.3) is 11.5 Å². The van der Waals surface area contributed by atoms with Crippen LogP contribution in [0.4, 0.5) is 5.82 Å². The summed E-state index contributed by atoms with van der Waals surface area (Å²) in [5.41, 5.74) is 3.24. The number of amides is 1. The Kier molecular flexibility index (Phi) is 4.76. The summed E-state index contributed by atoms with van der Waals surface area (Å²) in [6.45, 7) is 5.86. The summed E-state index contributed by atoms with van der Waals surface area (Å²) >= 11 is 0. The third kappa shape index (κ3) is 3.24. The summed E-state index contributed by atoms with van der Waals surface area (Å²) in [5, 5.41) is 20.1. The number of hydrogen-bond acceptors (Lipinski definition) is 7. The smallest absolute Gasteiger partial charge is 0.226 e. The van der Waals surface area contributed by atoms with Crippen LogP contribution < -0.4 is 14.8 Å². The first-order valence-electron chi connectivity index (χ1n) is 10.4. The highest BCUT2D eigenvalue weighted by Gasteiger charge is 2.35. The molecule has 1 amide bonds. The van der Waals surface area contributed by atoms with Crippen molar-refractivity contribution >= 4 is 17.4 Å². The number of anilines is 1. The molecule has 1 N–H and O–H groups in total. The number of rotatable bonds is 5. The number of carbonyl (C=O) groups excluding carboxylic acids is 1. The van der Waals surface area contributed by atoms with Gasteiger partial charge in [0, 0.05) is 23.5 Å². The van der Waals surface area contributed by atoms with Crippen LogP contribution in [-0.4, -0.2) is 48.7 Å². The molecule has 0 bridgehead atoms. The fraction of sp³-hybridized carbons (Fsp3) is 0.318. The molecule has 1 aliphatic rings. The number of carbonyl (C=O) groups is 1. The van der Waals surface area contributed by atoms with Crippen LogP contribution in [0.5, 0.6) is 11.5 Å². The van der Waals surface area contributed by atoms with Gasteiger partial charge in [0.25, 0.3) is 0 Å². The molecule has 0 unspecified atom stereocenters. The highest BCUT2D eigenvalue weighted by atomic mass is 16.5. The lowest BCUT2D eigenvalue weighted by molar-refractivity contribution is -0.116. The van der Waals surface area contributed by atoms with E-state index in [0.29, 0.717) is 28.8 Å². The number of nitrogens with zero attached hydrogens (tertiary/aromatic N) is 6. The van der Waals surface area contributed by atoms with Crippen LogP contribution in [0.15, 0.2) is 36.7 Å². The molecular formula is C22H23N7O3. The summed E-state index contributed by atoms with van der Waals surface area (Å²) in [7, 11) is 1.61. The van der Waals surface area contributed by atoms with Gasteiger partial charge in [0.2, 0.25) is 5.91 Å². The summed E-state index contributed by atoms with van der Waals surface area (Å²) in [5.74, 6) is 2.08. The summed E-state index contributed by atoms with van der Waals surface area (Å²) in [4.78, 5) is 12.8. The Morgan fingerprint density at radius 1 is 1.19 bits per heavy atom. The van der Waals surface area contributed by atoms with Crippen molar-refractivity contribution in [3.05, 3.63) is 53.5 Å². The molecule has 5 rings (SSSR count). The molecule has 0 aliphatic carbocycles. The van der Waals surface area contributed by atoms with Crippen LogP contribution in [0, 0.1) is 6.92 Å². The molecule has 0 fully saturated rings. The number of methoxy groups -OCH3 is 1. The van der Waals surface area contributed by atoms with Gasteiger partial charge in [-0.25, -0.2) is 0 Å². The van der Waals surface area contributed by atoms with E-state index in [-0.39, 0.29) is 24.3 Å². The first-order chi connectivity index (χ1) is 15.5. The van der Waals surface area contributed by atoms with Gasteiger partial charge in [0.1, 0.15) is 12.1 Å². The number of hydrogen-bond donors (Lipinski definition) is 1. The lowest BCUT2D eigenvalue weighted by Crippen LogP contribution is -2.25. The van der Waals surface area contributed by atoms with Crippen molar-refractivity contribution in [2.75, 3.05) is 12.4 Å². The summed E-state index contributed by atoms with van der Waals surface area (Å²) in [6, 6.07) is 9.35. The number of fused-ring (bicyclic) bond motifs is 2. The van der Waals surface area contributed by atoms with Gasteiger partial charge in [-0.15, -0.1) is 15.3 Å². The maximum absolute atomic E-state index is 12.8. The Labute approximate surface area is 184 Å². The predicted octanol–water partition coefficient (Wildman–Crippen LogP) is 2.89. The first-order valence-corrected chi connectivity index (χ1v) is 10.4. The van der Waals surface area contributed by atoms with Gasteiger partial charge in [-0.1, -0.05) is 12.1 Å². The molecule has 3 aromatic heterocycles. The quantitative estimate of drug-likeness (QED) is 0.515. The Bertz CT molecular complexity index is 1320. The molecular weight excluding hydrogens is 410 g/mol. The second kappa shape index (κ2) is 7.63. The molecule has 0 saturated carbocycles. The Balaban J connectivity index is 1.67. The number of benzene rings is 1. The average molecular weight is 433 g/mol. The second-order valence-corrected chi connectivity index (χ2v) is 7.93. The van der Waals surface area contributed by atoms with E-state index in [1.165, 1.54) is 6.33 Å². The normalized spacial score (nSPS) is 15.7. The van der Waals surface area contributed by atoms with E-state index in [1.54, 1.807) is 28.4 Å². The molecule has 0 spiro atoms. The van der Waals surface area contributed by atoms with Crippen LogP contribution in [0.3, 0.4) is 0 Å². The highest BCUT2D eigenvalue weighted by molar-refractivity contribution is 5.95. The van der Waals surface area contributed by atoms with E-state index in [2.05, 4.69) is 20.6 Å². The van der Waals surface area contributed by atoms with Crippen LogP contribution in [-0.2, 0) is 4.79 Å². The molecule has 0 saturated heterocycles. The molecule has 1 aromatic carbocycles. The van der Waals surface area contributed by atoms with Crippen LogP contribution >= 0.6 is 0 Å². The molecule has 4 heterocycles. The maximum Gasteiger partial charge on any atom is 0.226 e. The minimum Gasteiger partial charge on any atom is -0.493 e. The lowest BCUT2D eigenvalue weighted by atomic mass is 9.85. The number of nitrogens with one attached hydrogen (secondary N) is 1. The number of aryl methyl sites for hydroxylation is 1. The molecule has 1 atom stereocenters. The van der Waals surface area contributed by atoms with Crippen molar-refractivity contribution in [2.24, 2.45) is 0 Å². The fourth-order valence-corrected chi connectivity index (χ4v) is 4.14. The largest absolute Gasteiger partial charge is 0.493 e. The van der Waals surface area contributed by atoms with Crippen molar-refractivity contribution in [1.29, 1.82) is 0 Å². The van der Waals surface area contributed by atoms with E-state index in [1.807, 2.05) is 39.0 Å². The molecule has 4 aromatic rings. The van der Waals surface area contributed by atoms with Gasteiger partial charge in [-0.05, 0) is 39.0 Å². The van der Waals surface area contributed by atoms with Crippen molar-refractivity contribution in [3.8, 4) is 17.3 Å². The number of aromatic nitrogens is 6. The van der Waals surface area contributed by atoms with Crippen LogP contribution in [0.2, 0.25) is 0 Å². The van der Waals surface area contributed by atoms with Gasteiger partial charge < -0.3 is 14.8 Å². The molecule has 32 heavy (non-hydrogen) atoms. The second-order valence-electron chi connectivity index (χ2n) is 7.93. The Morgan fingerprint density at radius 3 is 2.81 bits per heavy atom. The molecule has 10 nitrogen and oxygen atoms in total. The molecule has 10 heteroatoms. The summed E-state index contributed by atoms with van der Waals surface area (Å²) in [6.07, 6.45) is 1.75. The van der Waals surface area contributed by atoms with Gasteiger partial charge >= 0.3 is 0 Å². The Hall–Kier alpha value is -3.95. The molecule has 164 valence electrons. The zero-order chi connectivity index (χ0) is 22.4. The number of para-hydroxylation sites is 1. The topological polar surface area (TPSA) is 108 Å². The lowest BCUT2D eigenvalue weighted by Gasteiger charge is -2.27. The van der Waals surface area contributed by atoms with E-state index in [0.717, 1.165) is 16.8 Å². The van der Waals surface area contributed by atoms with E-state index in [4.69, 9.17) is 14.6 Å². The van der Waals surface area contributed by atoms with Crippen LogP contribution in [0.1, 0.15) is 43.0 Å². The van der Waals surface area contributed by atoms with Crippen molar-refractivity contribution < 1.29 is 14.3 Å². The number of ether oxygens (including phenoxy) is 2. The van der Waals surface area contributed by atoms with E-state index in [9.17, 15) is 4.79 Å². The zero-order valence-electron chi connectivity index (χ0n) is 18.2. The zero-order valence-corrected chi connectivity index (χ0v) is 18.2. The molecule has 1 aliphatic heterocycles. The minimum absolute atomic E-state index is 0.0505. The third-order valence-corrected chi connectivity index (χ3v) is 5.43. The Morgan fingerprint density at radius 2 is 2.03 bits per heavy atom. The monoisotopic (exact) mass is 433 g/mol. The predicted molar refractivity (Wildman–Crippen MR) is 116 cm³/mol. The van der Waals surface area contributed by atoms with Crippen molar-refractivity contribution in [1.82, 2.24) is 29.6 Å². The fourth-order valence-electron chi connectivity index (χ4n) is 4.14. The van der Waals surface area contributed by atoms with Gasteiger partial charge in [-0.2, -0.15) is 14.3 Å². The third-order valence-electron chi connectivity index (χ3n) is 5.43. The highest BCUT2D eigenvalue weighted by Crippen LogP contribution is 2.45. The van der Waals surface area contributed by atoms with E-state index >= 15 is 0 Å². The first kappa shape index (κ1) is 20.0. The average Bonchev–Trinajstić information content (AvgIpc) is 3.36. The SMILES string of the molecule is COc1cccc([C@H]2CC(=O)Nc3c2c(C)nn3-c2ccc3nncn3n2)c1OC(C)C. The minimum atomic E-state index is -0.241. The maximum atomic E-state index is 12.8. The van der Waals surface area contributed by atoms with Gasteiger partial charge in [0.15, 0.2) is 23.0 Å². The van der Waals surface area contributed by atoms with Crippen molar-refractivity contribution in [2.45, 2.75) is 39.2 Å². The van der Waals surface area contributed by atoms with Crippen molar-refractivity contribution in [3.63, 3.8) is 0 Å². The summed E-state index contributed by atoms with van der Waals surface area (Å²) < 4.78 is 14.9. The van der Waals surface area contributed by atoms with Gasteiger partial charge in [0.05, 0.1) is 18.9 Å². The van der Waals surface area contributed by atoms with Gasteiger partial charge in [-0.3, -0.25) is 4.79 Å².